The Hall–Kier alpha value is -0.690. The van der Waals surface area contributed by atoms with Crippen LogP contribution in [0.2, 0.25) is 0 Å². The molecule has 0 nitrogen and oxygen atoms in total. The summed E-state index contributed by atoms with van der Waals surface area (Å²) in [7, 11) is 0. The molecule has 0 aliphatic carbocycles. The quantitative estimate of drug-likeness (QED) is 0.683. The molecule has 0 aromatic heterocycles. The third-order valence-corrected chi connectivity index (χ3v) is 2.53. The minimum Gasteiger partial charge on any atom is -0.134 e. The maximum absolute atomic E-state index is 3.95. The molecule has 0 radical (unpaired) electrons. The van der Waals surface area contributed by atoms with Gasteiger partial charge in [0.2, 0.25) is 0 Å². The van der Waals surface area contributed by atoms with Gasteiger partial charge in [-0.1, -0.05) is 36.4 Å². The van der Waals surface area contributed by atoms with Crippen LogP contribution in [0.3, 0.4) is 0 Å². The largest absolute Gasteiger partial charge is 0.134 e. The predicted molar refractivity (Wildman–Crippen MR) is 57.5 cm³/mol. The van der Waals surface area contributed by atoms with E-state index >= 15 is 0 Å². The molecule has 64 valence electrons. The molecule has 0 fully saturated rings. The molecule has 1 rings (SSSR count). The molecule has 12 heavy (non-hydrogen) atoms. The Balaban J connectivity index is 2.64. The van der Waals surface area contributed by atoms with Crippen LogP contribution in [0.4, 0.5) is 0 Å². The molecular weight excluding hydrogens is 164 g/mol. The van der Waals surface area contributed by atoms with Crippen LogP contribution < -0.4 is 0 Å². The van der Waals surface area contributed by atoms with Crippen LogP contribution in [0.1, 0.15) is 11.1 Å². The fourth-order valence-electron chi connectivity index (χ4n) is 1.01. The summed E-state index contributed by atoms with van der Waals surface area (Å²) in [5, 5.41) is 0. The first-order valence-corrected chi connectivity index (χ1v) is 5.22. The summed E-state index contributed by atoms with van der Waals surface area (Å²) >= 11 is 1.73. The first kappa shape index (κ1) is 9.40. The van der Waals surface area contributed by atoms with Crippen molar-refractivity contribution in [1.82, 2.24) is 0 Å². The van der Waals surface area contributed by atoms with Gasteiger partial charge in [-0.05, 0) is 23.6 Å². The summed E-state index contributed by atoms with van der Waals surface area (Å²) in [4.78, 5) is 1.22. The van der Waals surface area contributed by atoms with Gasteiger partial charge in [-0.2, -0.15) is 0 Å². The van der Waals surface area contributed by atoms with Crippen LogP contribution >= 0.6 is 11.8 Å². The first-order valence-electron chi connectivity index (χ1n) is 3.99. The van der Waals surface area contributed by atoms with Gasteiger partial charge in [0.1, 0.15) is 0 Å². The van der Waals surface area contributed by atoms with Gasteiger partial charge in [0.15, 0.2) is 0 Å². The topological polar surface area (TPSA) is 0 Å². The van der Waals surface area contributed by atoms with E-state index in [1.165, 1.54) is 16.0 Å². The van der Waals surface area contributed by atoms with Crippen molar-refractivity contribution < 1.29 is 0 Å². The zero-order valence-electron chi connectivity index (χ0n) is 7.63. The summed E-state index contributed by atoms with van der Waals surface area (Å²) in [5.74, 6) is 0. The van der Waals surface area contributed by atoms with E-state index in [-0.39, 0.29) is 0 Å². The molecule has 1 aromatic carbocycles. The van der Waals surface area contributed by atoms with E-state index in [1.54, 1.807) is 11.8 Å². The summed E-state index contributed by atoms with van der Waals surface area (Å²) in [6.07, 6.45) is 3.05. The maximum Gasteiger partial charge on any atom is 0.00283 e. The lowest BCUT2D eigenvalue weighted by Crippen LogP contribution is -1.84. The second-order valence-electron chi connectivity index (χ2n) is 2.91. The van der Waals surface area contributed by atoms with Crippen molar-refractivity contribution in [3.05, 3.63) is 46.9 Å². The van der Waals surface area contributed by atoms with E-state index in [1.807, 2.05) is 0 Å². The molecular formula is C11H14S. The molecule has 0 saturated heterocycles. The minimum atomic E-state index is 0.988. The maximum atomic E-state index is 3.95. The average Bonchev–Trinajstić information content (AvgIpc) is 2.09. The molecule has 0 aliphatic rings. The van der Waals surface area contributed by atoms with Crippen molar-refractivity contribution in [2.45, 2.75) is 13.3 Å². The highest BCUT2D eigenvalue weighted by atomic mass is 32.2. The smallest absolute Gasteiger partial charge is 0.00283 e. The Bertz CT molecular complexity index is 259. The van der Waals surface area contributed by atoms with Gasteiger partial charge in [0.25, 0.3) is 0 Å². The Morgan fingerprint density at radius 3 is 2.42 bits per heavy atom. The van der Waals surface area contributed by atoms with Crippen molar-refractivity contribution in [1.29, 1.82) is 0 Å². The van der Waals surface area contributed by atoms with Crippen molar-refractivity contribution in [2.24, 2.45) is 0 Å². The third kappa shape index (κ3) is 2.74. The average molecular weight is 178 g/mol. The summed E-state index contributed by atoms with van der Waals surface area (Å²) in [6, 6.07) is 8.61. The van der Waals surface area contributed by atoms with Gasteiger partial charge in [-0.3, -0.25) is 0 Å². The molecule has 0 N–H and O–H groups in total. The van der Waals surface area contributed by atoms with Crippen LogP contribution in [0, 0.1) is 6.92 Å². The lowest BCUT2D eigenvalue weighted by Gasteiger charge is -2.02. The van der Waals surface area contributed by atoms with Gasteiger partial charge >= 0.3 is 0 Å². The van der Waals surface area contributed by atoms with E-state index in [0.29, 0.717) is 0 Å². The van der Waals surface area contributed by atoms with Crippen LogP contribution in [0.25, 0.3) is 0 Å². The summed E-state index contributed by atoms with van der Waals surface area (Å²) < 4.78 is 0. The van der Waals surface area contributed by atoms with Crippen LogP contribution in [0.15, 0.2) is 35.7 Å². The van der Waals surface area contributed by atoms with Crippen molar-refractivity contribution >= 4 is 11.8 Å². The van der Waals surface area contributed by atoms with Crippen molar-refractivity contribution in [3.8, 4) is 0 Å². The summed E-state index contributed by atoms with van der Waals surface area (Å²) in [5.41, 5.74) is 2.66. The van der Waals surface area contributed by atoms with E-state index in [4.69, 9.17) is 0 Å². The Morgan fingerprint density at radius 1 is 1.33 bits per heavy atom. The molecule has 0 spiro atoms. The highest BCUT2D eigenvalue weighted by molar-refractivity contribution is 8.02. The van der Waals surface area contributed by atoms with Crippen molar-refractivity contribution in [2.75, 3.05) is 6.26 Å². The molecule has 1 aromatic rings. The van der Waals surface area contributed by atoms with Crippen LogP contribution in [-0.2, 0) is 6.42 Å². The third-order valence-electron chi connectivity index (χ3n) is 1.81. The molecule has 0 bridgehead atoms. The number of hydrogen-bond acceptors (Lipinski definition) is 1. The predicted octanol–water partition coefficient (Wildman–Crippen LogP) is 3.41. The number of aryl methyl sites for hydroxylation is 1. The molecule has 0 amide bonds. The Labute approximate surface area is 78.7 Å². The normalized spacial score (nSPS) is 9.83. The van der Waals surface area contributed by atoms with Crippen LogP contribution in [0.5, 0.6) is 0 Å². The van der Waals surface area contributed by atoms with Gasteiger partial charge in [0.05, 0.1) is 0 Å². The van der Waals surface area contributed by atoms with Crippen molar-refractivity contribution in [3.63, 3.8) is 0 Å². The zero-order chi connectivity index (χ0) is 8.97. The zero-order valence-corrected chi connectivity index (χ0v) is 8.45. The fraction of sp³-hybridized carbons (Fsp3) is 0.273. The highest BCUT2D eigenvalue weighted by Crippen LogP contribution is 2.15. The molecule has 1 heteroatoms. The highest BCUT2D eigenvalue weighted by Gasteiger charge is 1.94. The number of rotatable bonds is 3. The standard InChI is InChI=1S/C11H14S/c1-9-4-6-11(7-5-9)8-10(2)12-3/h4-7H,2,8H2,1,3H3. The number of allylic oxidation sites excluding steroid dienone is 1. The van der Waals surface area contributed by atoms with Gasteiger partial charge in [-0.25, -0.2) is 0 Å². The molecule has 0 atom stereocenters. The second kappa shape index (κ2) is 4.36. The SMILES string of the molecule is C=C(Cc1ccc(C)cc1)SC. The van der Waals surface area contributed by atoms with E-state index < -0.39 is 0 Å². The molecule has 0 unspecified atom stereocenters. The van der Waals surface area contributed by atoms with Gasteiger partial charge in [-0.15, -0.1) is 11.8 Å². The van der Waals surface area contributed by atoms with E-state index in [2.05, 4.69) is 44.0 Å². The fourth-order valence-corrected chi connectivity index (χ4v) is 1.32. The molecule has 0 aliphatic heterocycles. The monoisotopic (exact) mass is 178 g/mol. The van der Waals surface area contributed by atoms with E-state index in [0.717, 1.165) is 6.42 Å². The summed E-state index contributed by atoms with van der Waals surface area (Å²) in [6.45, 7) is 6.06. The number of thioether (sulfide) groups is 1. The second-order valence-corrected chi connectivity index (χ2v) is 3.89. The molecule has 0 heterocycles. The van der Waals surface area contributed by atoms with Gasteiger partial charge in [0, 0.05) is 6.42 Å². The molecule has 0 saturated carbocycles. The Morgan fingerprint density at radius 2 is 1.92 bits per heavy atom. The van der Waals surface area contributed by atoms with Gasteiger partial charge < -0.3 is 0 Å². The number of benzene rings is 1. The lowest BCUT2D eigenvalue weighted by molar-refractivity contribution is 1.24. The lowest BCUT2D eigenvalue weighted by atomic mass is 10.1. The number of hydrogen-bond donors (Lipinski definition) is 0. The minimum absolute atomic E-state index is 0.988. The van der Waals surface area contributed by atoms with Crippen LogP contribution in [-0.4, -0.2) is 6.26 Å². The Kier molecular flexibility index (Phi) is 3.42. The van der Waals surface area contributed by atoms with E-state index in [9.17, 15) is 0 Å². The first-order chi connectivity index (χ1) is 5.72.